The maximum atomic E-state index is 11.9. The van der Waals surface area contributed by atoms with Crippen molar-refractivity contribution in [1.29, 1.82) is 5.41 Å². The van der Waals surface area contributed by atoms with E-state index in [4.69, 9.17) is 21.1 Å². The Morgan fingerprint density at radius 3 is 2.23 bits per heavy atom. The fourth-order valence-corrected chi connectivity index (χ4v) is 3.66. The van der Waals surface area contributed by atoms with Crippen LogP contribution in [0.15, 0.2) is 24.3 Å². The zero-order valence-electron chi connectivity index (χ0n) is 22.6. The first-order chi connectivity index (χ1) is 15.6. The zero-order chi connectivity index (χ0) is 25.0. The van der Waals surface area contributed by atoms with Crippen LogP contribution in [0.25, 0.3) is 0 Å². The van der Waals surface area contributed by atoms with Crippen molar-refractivity contribution in [2.75, 3.05) is 26.2 Å². The average Bonchev–Trinajstić information content (AvgIpc) is 2.79. The number of amides is 1. The van der Waals surface area contributed by atoms with Crippen LogP contribution in [0.4, 0.5) is 0 Å². The Morgan fingerprint density at radius 2 is 1.74 bits per heavy atom. The Labute approximate surface area is 238 Å². The molecule has 1 unspecified atom stereocenters. The molecule has 2 rings (SSSR count). The fourth-order valence-electron chi connectivity index (χ4n) is 3.66. The Morgan fingerprint density at radius 1 is 1.20 bits per heavy atom. The fraction of sp³-hybridized carbons (Fsp3) is 0.615. The van der Waals surface area contributed by atoms with Gasteiger partial charge in [-0.15, -0.1) is 0 Å². The number of hydrogen-bond acceptors (Lipinski definition) is 6. The number of nitrogens with two attached hydrogens (primary N) is 1. The van der Waals surface area contributed by atoms with Gasteiger partial charge in [-0.3, -0.25) is 20.1 Å². The summed E-state index contributed by atoms with van der Waals surface area (Å²) in [7, 11) is 2.25. The molecule has 1 atom stereocenters. The van der Waals surface area contributed by atoms with Gasteiger partial charge in [-0.05, 0) is 76.7 Å². The summed E-state index contributed by atoms with van der Waals surface area (Å²) in [5.41, 5.74) is 0.678. The van der Waals surface area contributed by atoms with Gasteiger partial charge in [0.05, 0.1) is 6.04 Å². The number of rotatable bonds is 9. The van der Waals surface area contributed by atoms with Gasteiger partial charge in [0, 0.05) is 44.8 Å². The Kier molecular flexibility index (Phi) is 18.8. The van der Waals surface area contributed by atoms with Gasteiger partial charge in [0.1, 0.15) is 11.6 Å². The molecule has 0 spiro atoms. The molecule has 0 bridgehead atoms. The van der Waals surface area contributed by atoms with E-state index in [1.807, 2.05) is 45.0 Å². The van der Waals surface area contributed by atoms with Gasteiger partial charge in [-0.25, -0.2) is 13.0 Å². The number of carbonyl (C=O) groups is 1. The summed E-state index contributed by atoms with van der Waals surface area (Å²) in [4.78, 5) is 14.3. The number of aliphatic hydroxyl groups is 1. The molecule has 1 amide bonds. The van der Waals surface area contributed by atoms with E-state index in [1.165, 1.54) is 6.42 Å². The third-order valence-corrected chi connectivity index (χ3v) is 5.61. The van der Waals surface area contributed by atoms with Gasteiger partial charge >= 0.3 is 0 Å². The molecule has 1 aromatic rings. The summed E-state index contributed by atoms with van der Waals surface area (Å²) >= 11 is 0. The van der Waals surface area contributed by atoms with Gasteiger partial charge in [-0.1, -0.05) is 32.4 Å². The summed E-state index contributed by atoms with van der Waals surface area (Å²) in [6.07, 6.45) is 4.46. The minimum atomic E-state index is -0.336. The predicted octanol–water partition coefficient (Wildman–Crippen LogP) is 4.30. The van der Waals surface area contributed by atoms with Crippen molar-refractivity contribution < 1.29 is 47.3 Å². The molecule has 9 heteroatoms. The molecule has 1 aliphatic rings. The summed E-state index contributed by atoms with van der Waals surface area (Å²) in [5.74, 6) is 7.81. The van der Waals surface area contributed by atoms with Gasteiger partial charge in [0.2, 0.25) is 0 Å². The minimum absolute atomic E-state index is 0. The monoisotopic (exact) mass is 566 g/mol. The second-order valence-corrected chi connectivity index (χ2v) is 9.82. The van der Waals surface area contributed by atoms with Crippen LogP contribution in [0.2, 0.25) is 0 Å². The van der Waals surface area contributed by atoms with Gasteiger partial charge in [0.15, 0.2) is 6.61 Å². The number of ether oxygens (including phenoxy) is 1. The quantitative estimate of drug-likeness (QED) is 0.117. The van der Waals surface area contributed by atoms with Gasteiger partial charge < -0.3 is 22.6 Å². The molecule has 1 aliphatic heterocycles. The van der Waals surface area contributed by atoms with Crippen LogP contribution in [0.3, 0.4) is 0 Å². The SMILES string of the molecule is CC(C)CCNC(=O)COc1ccc(C(C(=N)N(N)C(C)(C)C)N2CCCCC2)cc1.[CH2-]O.[CH3-].[Y]. The van der Waals surface area contributed by atoms with Crippen molar-refractivity contribution >= 4 is 11.7 Å². The van der Waals surface area contributed by atoms with E-state index >= 15 is 0 Å². The molecule has 0 aliphatic carbocycles. The van der Waals surface area contributed by atoms with Crippen LogP contribution >= 0.6 is 0 Å². The number of nitrogens with zero attached hydrogens (tertiary/aromatic N) is 2. The van der Waals surface area contributed by atoms with Crippen molar-refractivity contribution in [3.63, 3.8) is 0 Å². The summed E-state index contributed by atoms with van der Waals surface area (Å²) < 4.78 is 5.65. The first-order valence-electron chi connectivity index (χ1n) is 11.8. The number of aliphatic hydroxyl groups excluding tert-OH is 1. The molecule has 1 heterocycles. The number of nitrogens with one attached hydrogen (secondary N) is 2. The van der Waals surface area contributed by atoms with Gasteiger partial charge in [0.25, 0.3) is 5.91 Å². The number of amidine groups is 1. The smallest absolute Gasteiger partial charge is 0.257 e. The standard InChI is InChI=1S/C24H41N5O2.CH3O.CH3.Y/c1-18(2)13-14-27-21(30)17-31-20-11-9-19(10-12-20)22(28-15-7-6-8-16-28)23(25)29(26)24(3,4)5;1-2;;/h9-12,18,22,25H,6-8,13-17,26H2,1-5H3,(H,27,30);2H,1H2;1H3;/q;2*-1;. The summed E-state index contributed by atoms with van der Waals surface area (Å²) in [6, 6.07) is 7.52. The van der Waals surface area contributed by atoms with E-state index in [-0.39, 0.29) is 64.2 Å². The van der Waals surface area contributed by atoms with Crippen molar-refractivity contribution in [3.8, 4) is 5.75 Å². The number of carbonyl (C=O) groups excluding carboxylic acids is 1. The van der Waals surface area contributed by atoms with E-state index in [2.05, 4.69) is 31.2 Å². The number of hydrazine groups is 1. The average molecular weight is 567 g/mol. The molecule has 0 saturated carbocycles. The van der Waals surface area contributed by atoms with Crippen molar-refractivity contribution in [2.45, 2.75) is 71.9 Å². The number of likely N-dealkylation sites (tertiary alicyclic amines) is 1. The topological polar surface area (TPSA) is 115 Å². The predicted molar refractivity (Wildman–Crippen MR) is 140 cm³/mol. The van der Waals surface area contributed by atoms with E-state index in [1.54, 1.807) is 5.01 Å². The van der Waals surface area contributed by atoms with Crippen LogP contribution < -0.4 is 15.9 Å². The second-order valence-electron chi connectivity index (χ2n) is 9.82. The van der Waals surface area contributed by atoms with E-state index in [9.17, 15) is 4.79 Å². The molecule has 1 radical (unpaired) electrons. The van der Waals surface area contributed by atoms with Crippen LogP contribution in [0.1, 0.15) is 71.9 Å². The van der Waals surface area contributed by atoms with Crippen molar-refractivity contribution in [2.24, 2.45) is 11.8 Å². The Balaban J connectivity index is 0. The number of benzene rings is 1. The summed E-state index contributed by atoms with van der Waals surface area (Å²) in [6.45, 7) is 12.9. The molecular weight excluding hydrogens is 519 g/mol. The van der Waals surface area contributed by atoms with Crippen molar-refractivity contribution in [3.05, 3.63) is 44.4 Å². The van der Waals surface area contributed by atoms with Crippen molar-refractivity contribution in [1.82, 2.24) is 15.2 Å². The molecule has 1 saturated heterocycles. The Bertz CT molecular complexity index is 717. The number of piperidine rings is 1. The van der Waals surface area contributed by atoms with Gasteiger partial charge in [-0.2, -0.15) is 0 Å². The minimum Gasteiger partial charge on any atom is -0.569 e. The normalized spacial score (nSPS) is 14.4. The Hall–Kier alpha value is -1.06. The van der Waals surface area contributed by atoms with Crippen LogP contribution in [-0.4, -0.2) is 58.5 Å². The van der Waals surface area contributed by atoms with E-state index < -0.39 is 0 Å². The maximum absolute atomic E-state index is 11.9. The third-order valence-electron chi connectivity index (χ3n) is 5.61. The zero-order valence-corrected chi connectivity index (χ0v) is 25.5. The summed E-state index contributed by atoms with van der Waals surface area (Å²) in [5, 5.41) is 20.0. The van der Waals surface area contributed by atoms with E-state index in [0.717, 1.165) is 37.9 Å². The number of hydrogen-bond donors (Lipinski definition) is 4. The molecule has 5 N–H and O–H groups in total. The third kappa shape index (κ3) is 12.6. The molecule has 8 nitrogen and oxygen atoms in total. The molecule has 199 valence electrons. The van der Waals surface area contributed by atoms with Crippen LogP contribution in [-0.2, 0) is 37.5 Å². The molecule has 0 aromatic heterocycles. The second kappa shape index (κ2) is 18.2. The molecule has 1 fully saturated rings. The maximum Gasteiger partial charge on any atom is 0.257 e. The first kappa shape index (κ1) is 36.1. The first-order valence-corrected chi connectivity index (χ1v) is 11.8. The van der Waals surface area contributed by atoms with Crippen LogP contribution in [0, 0.1) is 25.9 Å². The van der Waals surface area contributed by atoms with Crippen LogP contribution in [0.5, 0.6) is 5.75 Å². The molecule has 1 aromatic carbocycles. The van der Waals surface area contributed by atoms with E-state index in [0.29, 0.717) is 24.0 Å². The molecule has 35 heavy (non-hydrogen) atoms. The molecular formula is C26H47N5O3Y-2. The largest absolute Gasteiger partial charge is 0.569 e.